The Hall–Kier alpha value is -1.88. The second-order valence-corrected chi connectivity index (χ2v) is 4.87. The summed E-state index contributed by atoms with van der Waals surface area (Å²) < 4.78 is 14.5. The van der Waals surface area contributed by atoms with Crippen LogP contribution in [0.5, 0.6) is 0 Å². The summed E-state index contributed by atoms with van der Waals surface area (Å²) in [5.74, 6) is 0.148. The van der Waals surface area contributed by atoms with E-state index in [4.69, 9.17) is 5.73 Å². The Morgan fingerprint density at radius 2 is 2.06 bits per heavy atom. The molecule has 0 saturated carbocycles. The van der Waals surface area contributed by atoms with Gasteiger partial charge in [-0.3, -0.25) is 0 Å². The molecule has 18 heavy (non-hydrogen) atoms. The van der Waals surface area contributed by atoms with Crippen LogP contribution in [0.15, 0.2) is 40.9 Å². The second kappa shape index (κ2) is 4.10. The molecule has 2 aromatic carbocycles. The molecule has 1 aromatic heterocycles. The highest BCUT2D eigenvalue weighted by atomic mass is 79.9. The van der Waals surface area contributed by atoms with E-state index in [1.807, 2.05) is 12.1 Å². The fraction of sp³-hybridized carbons (Fsp3) is 0. The minimum Gasteiger partial charge on any atom is -0.397 e. The van der Waals surface area contributed by atoms with Crippen LogP contribution < -0.4 is 5.73 Å². The Labute approximate surface area is 111 Å². The van der Waals surface area contributed by atoms with Crippen LogP contribution in [0, 0.1) is 5.82 Å². The first-order valence-electron chi connectivity index (χ1n) is 5.35. The summed E-state index contributed by atoms with van der Waals surface area (Å²) in [7, 11) is 0. The second-order valence-electron chi connectivity index (χ2n) is 3.95. The number of imidazole rings is 1. The number of fused-ring (bicyclic) bond motifs is 1. The summed E-state index contributed by atoms with van der Waals surface area (Å²) in [5.41, 5.74) is 8.29. The summed E-state index contributed by atoms with van der Waals surface area (Å²) in [6, 6.07) is 10.3. The Bertz CT molecular complexity index is 736. The van der Waals surface area contributed by atoms with Gasteiger partial charge in [0.25, 0.3) is 0 Å². The molecule has 3 aromatic rings. The molecule has 0 aliphatic rings. The molecule has 3 N–H and O–H groups in total. The molecule has 5 heteroatoms. The zero-order valence-corrected chi connectivity index (χ0v) is 10.8. The maximum absolute atomic E-state index is 13.8. The molecule has 3 rings (SSSR count). The monoisotopic (exact) mass is 305 g/mol. The Balaban J connectivity index is 2.23. The molecule has 1 heterocycles. The standard InChI is InChI=1S/C13H9BrFN3/c14-7-4-5-8(9(15)6-7)13-17-11-3-1-2-10(16)12(11)18-13/h1-6H,16H2,(H,17,18). The highest BCUT2D eigenvalue weighted by molar-refractivity contribution is 9.10. The number of hydrogen-bond donors (Lipinski definition) is 2. The van der Waals surface area contributed by atoms with Gasteiger partial charge in [-0.1, -0.05) is 22.0 Å². The summed E-state index contributed by atoms with van der Waals surface area (Å²) in [4.78, 5) is 7.40. The van der Waals surface area contributed by atoms with Gasteiger partial charge in [-0.15, -0.1) is 0 Å². The van der Waals surface area contributed by atoms with Crippen molar-refractivity contribution in [2.45, 2.75) is 0 Å². The molecule has 0 bridgehead atoms. The number of H-pyrrole nitrogens is 1. The number of hydrogen-bond acceptors (Lipinski definition) is 2. The zero-order valence-electron chi connectivity index (χ0n) is 9.24. The molecule has 3 nitrogen and oxygen atoms in total. The van der Waals surface area contributed by atoms with E-state index in [1.54, 1.807) is 18.2 Å². The van der Waals surface area contributed by atoms with E-state index < -0.39 is 0 Å². The van der Waals surface area contributed by atoms with Crippen molar-refractivity contribution in [3.63, 3.8) is 0 Å². The van der Waals surface area contributed by atoms with Gasteiger partial charge < -0.3 is 10.7 Å². The third kappa shape index (κ3) is 1.76. The minimum atomic E-state index is -0.331. The van der Waals surface area contributed by atoms with Gasteiger partial charge in [0.1, 0.15) is 17.2 Å². The number of nitrogens with one attached hydrogen (secondary N) is 1. The van der Waals surface area contributed by atoms with E-state index in [9.17, 15) is 4.39 Å². The van der Waals surface area contributed by atoms with E-state index in [2.05, 4.69) is 25.9 Å². The van der Waals surface area contributed by atoms with Crippen molar-refractivity contribution < 1.29 is 4.39 Å². The maximum Gasteiger partial charge on any atom is 0.141 e. The number of aromatic nitrogens is 2. The largest absolute Gasteiger partial charge is 0.397 e. The van der Waals surface area contributed by atoms with Crippen LogP contribution >= 0.6 is 15.9 Å². The zero-order chi connectivity index (χ0) is 12.7. The van der Waals surface area contributed by atoms with Crippen molar-refractivity contribution in [3.05, 3.63) is 46.7 Å². The Morgan fingerprint density at radius 3 is 2.78 bits per heavy atom. The first-order chi connectivity index (χ1) is 8.65. The van der Waals surface area contributed by atoms with E-state index in [0.29, 0.717) is 27.1 Å². The normalized spacial score (nSPS) is 11.0. The smallest absolute Gasteiger partial charge is 0.141 e. The lowest BCUT2D eigenvalue weighted by molar-refractivity contribution is 0.629. The highest BCUT2D eigenvalue weighted by Crippen LogP contribution is 2.27. The van der Waals surface area contributed by atoms with Crippen LogP contribution in [0.2, 0.25) is 0 Å². The average Bonchev–Trinajstić information content (AvgIpc) is 2.74. The van der Waals surface area contributed by atoms with Crippen LogP contribution in [0.25, 0.3) is 22.4 Å². The van der Waals surface area contributed by atoms with Crippen LogP contribution in [0.3, 0.4) is 0 Å². The fourth-order valence-electron chi connectivity index (χ4n) is 1.86. The van der Waals surface area contributed by atoms with Crippen LogP contribution in [-0.4, -0.2) is 9.97 Å². The number of nitrogens with zero attached hydrogens (tertiary/aromatic N) is 1. The fourth-order valence-corrected chi connectivity index (χ4v) is 2.20. The first-order valence-corrected chi connectivity index (χ1v) is 6.14. The number of nitrogen functional groups attached to an aromatic ring is 1. The van der Waals surface area contributed by atoms with E-state index >= 15 is 0 Å². The van der Waals surface area contributed by atoms with Crippen molar-refractivity contribution in [1.82, 2.24) is 9.97 Å². The van der Waals surface area contributed by atoms with Crippen molar-refractivity contribution in [2.75, 3.05) is 5.73 Å². The van der Waals surface area contributed by atoms with Crippen molar-refractivity contribution in [3.8, 4) is 11.4 Å². The van der Waals surface area contributed by atoms with Gasteiger partial charge in [-0.05, 0) is 30.3 Å². The summed E-state index contributed by atoms with van der Waals surface area (Å²) in [6.07, 6.45) is 0. The van der Waals surface area contributed by atoms with Gasteiger partial charge in [0.2, 0.25) is 0 Å². The van der Waals surface area contributed by atoms with Gasteiger partial charge in [-0.2, -0.15) is 0 Å². The van der Waals surface area contributed by atoms with Gasteiger partial charge in [0, 0.05) is 4.47 Å². The lowest BCUT2D eigenvalue weighted by Gasteiger charge is -1.99. The Kier molecular flexibility index (Phi) is 2.56. The number of rotatable bonds is 1. The van der Waals surface area contributed by atoms with Crippen LogP contribution in [0.4, 0.5) is 10.1 Å². The first kappa shape index (κ1) is 11.2. The number of nitrogens with two attached hydrogens (primary N) is 1. The molecule has 0 unspecified atom stereocenters. The molecule has 0 radical (unpaired) electrons. The molecule has 0 atom stereocenters. The third-order valence-corrected chi connectivity index (χ3v) is 3.22. The van der Waals surface area contributed by atoms with Gasteiger partial charge >= 0.3 is 0 Å². The van der Waals surface area contributed by atoms with Crippen LogP contribution in [-0.2, 0) is 0 Å². The van der Waals surface area contributed by atoms with E-state index in [-0.39, 0.29) is 5.82 Å². The molecular formula is C13H9BrFN3. The summed E-state index contributed by atoms with van der Waals surface area (Å²) in [6.45, 7) is 0. The molecule has 0 saturated heterocycles. The topological polar surface area (TPSA) is 54.7 Å². The third-order valence-electron chi connectivity index (χ3n) is 2.73. The van der Waals surface area contributed by atoms with Gasteiger partial charge in [-0.25, -0.2) is 9.37 Å². The SMILES string of the molecule is Nc1cccc2[nH]c(-c3ccc(Br)cc3F)nc12. The van der Waals surface area contributed by atoms with Crippen molar-refractivity contribution >= 4 is 32.7 Å². The molecule has 0 amide bonds. The number of aromatic amines is 1. The van der Waals surface area contributed by atoms with Crippen molar-refractivity contribution in [1.29, 1.82) is 0 Å². The number of anilines is 1. The van der Waals surface area contributed by atoms with Crippen molar-refractivity contribution in [2.24, 2.45) is 0 Å². The average molecular weight is 306 g/mol. The van der Waals surface area contributed by atoms with Crippen LogP contribution in [0.1, 0.15) is 0 Å². The van der Waals surface area contributed by atoms with E-state index in [0.717, 1.165) is 5.52 Å². The number of benzene rings is 2. The molecule has 0 aliphatic heterocycles. The van der Waals surface area contributed by atoms with Gasteiger partial charge in [0.05, 0.1) is 16.8 Å². The predicted molar refractivity (Wildman–Crippen MR) is 73.6 cm³/mol. The molecule has 0 aliphatic carbocycles. The molecule has 90 valence electrons. The molecule has 0 spiro atoms. The minimum absolute atomic E-state index is 0.331. The summed E-state index contributed by atoms with van der Waals surface area (Å²) >= 11 is 3.22. The Morgan fingerprint density at radius 1 is 1.22 bits per heavy atom. The maximum atomic E-state index is 13.8. The predicted octanol–water partition coefficient (Wildman–Crippen LogP) is 3.71. The quantitative estimate of drug-likeness (QED) is 0.673. The van der Waals surface area contributed by atoms with Gasteiger partial charge in [0.15, 0.2) is 0 Å². The molecule has 0 fully saturated rings. The lowest BCUT2D eigenvalue weighted by Crippen LogP contribution is -1.87. The molecular weight excluding hydrogens is 297 g/mol. The highest BCUT2D eigenvalue weighted by Gasteiger charge is 2.11. The lowest BCUT2D eigenvalue weighted by atomic mass is 10.2. The number of halogens is 2. The summed E-state index contributed by atoms with van der Waals surface area (Å²) in [5, 5.41) is 0. The number of para-hydroxylation sites is 1. The van der Waals surface area contributed by atoms with E-state index in [1.165, 1.54) is 6.07 Å².